The van der Waals surface area contributed by atoms with Crippen LogP contribution in [0.25, 0.3) is 0 Å². The first kappa shape index (κ1) is 10.5. The predicted molar refractivity (Wildman–Crippen MR) is 51.6 cm³/mol. The summed E-state index contributed by atoms with van der Waals surface area (Å²) in [6.45, 7) is 6.25. The number of halogens is 1. The highest BCUT2D eigenvalue weighted by molar-refractivity contribution is 6.29. The molecule has 1 aliphatic heterocycles. The van der Waals surface area contributed by atoms with Gasteiger partial charge in [-0.25, -0.2) is 0 Å². The van der Waals surface area contributed by atoms with E-state index in [2.05, 4.69) is 11.9 Å². The molecule has 1 rings (SSSR count). The van der Waals surface area contributed by atoms with Crippen LogP contribution in [0.4, 0.5) is 0 Å². The van der Waals surface area contributed by atoms with E-state index in [0.29, 0.717) is 18.2 Å². The van der Waals surface area contributed by atoms with Gasteiger partial charge in [-0.15, -0.1) is 0 Å². The molecule has 0 radical (unpaired) electrons. The van der Waals surface area contributed by atoms with Gasteiger partial charge in [0, 0.05) is 11.6 Å². The Bertz CT molecular complexity index is 222. The zero-order valence-corrected chi connectivity index (χ0v) is 8.49. The van der Waals surface area contributed by atoms with Gasteiger partial charge in [-0.3, -0.25) is 4.79 Å². The van der Waals surface area contributed by atoms with Crippen molar-refractivity contribution in [3.8, 4) is 0 Å². The molecule has 0 aromatic rings. The number of ether oxygens (including phenoxy) is 1. The fourth-order valence-electron chi connectivity index (χ4n) is 1.32. The molecule has 3 nitrogen and oxygen atoms in total. The van der Waals surface area contributed by atoms with Gasteiger partial charge in [0.1, 0.15) is 5.60 Å². The third kappa shape index (κ3) is 2.71. The van der Waals surface area contributed by atoms with E-state index in [1.807, 2.05) is 0 Å². The molecule has 0 saturated carbocycles. The molecule has 0 bridgehead atoms. The minimum atomic E-state index is -0.660. The summed E-state index contributed by atoms with van der Waals surface area (Å²) in [6.07, 6.45) is 1.71. The van der Waals surface area contributed by atoms with Gasteiger partial charge in [0.05, 0.1) is 6.54 Å². The Hall–Kier alpha value is -0.540. The highest BCUT2D eigenvalue weighted by atomic mass is 35.5. The minimum absolute atomic E-state index is 0.105. The largest absolute Gasteiger partial charge is 0.365 e. The molecule has 0 aliphatic carbocycles. The standard InChI is InChI=1S/C9H14ClNO2/c1-7(10)6-11-8(12)9(2)4-3-5-13-9/h1,3-6H2,2H3,(H,11,12). The van der Waals surface area contributed by atoms with E-state index < -0.39 is 5.60 Å². The van der Waals surface area contributed by atoms with E-state index in [1.165, 1.54) is 0 Å². The summed E-state index contributed by atoms with van der Waals surface area (Å²) in [5.41, 5.74) is -0.660. The maximum Gasteiger partial charge on any atom is 0.252 e. The third-order valence-electron chi connectivity index (χ3n) is 2.14. The molecular weight excluding hydrogens is 190 g/mol. The van der Waals surface area contributed by atoms with Crippen molar-refractivity contribution in [3.63, 3.8) is 0 Å². The maximum absolute atomic E-state index is 11.5. The predicted octanol–water partition coefficient (Wildman–Crippen LogP) is 1.42. The van der Waals surface area contributed by atoms with Crippen molar-refractivity contribution < 1.29 is 9.53 Å². The molecule has 1 saturated heterocycles. The van der Waals surface area contributed by atoms with Gasteiger partial charge in [-0.2, -0.15) is 0 Å². The smallest absolute Gasteiger partial charge is 0.252 e. The second-order valence-corrected chi connectivity index (χ2v) is 3.92. The van der Waals surface area contributed by atoms with E-state index in [-0.39, 0.29) is 5.91 Å². The Kier molecular flexibility index (Phi) is 3.33. The molecule has 4 heteroatoms. The van der Waals surface area contributed by atoms with Crippen LogP contribution in [0, 0.1) is 0 Å². The number of amides is 1. The molecule has 13 heavy (non-hydrogen) atoms. The van der Waals surface area contributed by atoms with Gasteiger partial charge in [-0.05, 0) is 19.8 Å². The third-order valence-corrected chi connectivity index (χ3v) is 2.27. The fraction of sp³-hybridized carbons (Fsp3) is 0.667. The van der Waals surface area contributed by atoms with Gasteiger partial charge < -0.3 is 10.1 Å². The molecule has 0 aromatic carbocycles. The molecule has 1 unspecified atom stereocenters. The number of hydrogen-bond donors (Lipinski definition) is 1. The molecule has 1 atom stereocenters. The number of carbonyl (C=O) groups excluding carboxylic acids is 1. The lowest BCUT2D eigenvalue weighted by Gasteiger charge is -2.21. The number of rotatable bonds is 3. The second-order valence-electron chi connectivity index (χ2n) is 3.38. The first-order valence-corrected chi connectivity index (χ1v) is 4.68. The number of hydrogen-bond acceptors (Lipinski definition) is 2. The van der Waals surface area contributed by atoms with Gasteiger partial charge in [0.15, 0.2) is 0 Å². The van der Waals surface area contributed by atoms with E-state index in [9.17, 15) is 4.79 Å². The highest BCUT2D eigenvalue weighted by Gasteiger charge is 2.37. The summed E-state index contributed by atoms with van der Waals surface area (Å²) < 4.78 is 5.35. The average molecular weight is 204 g/mol. The van der Waals surface area contributed by atoms with Gasteiger partial charge >= 0.3 is 0 Å². The normalized spacial score (nSPS) is 27.2. The Morgan fingerprint density at radius 3 is 2.92 bits per heavy atom. The van der Waals surface area contributed by atoms with Crippen LogP contribution in [0.2, 0.25) is 0 Å². The lowest BCUT2D eigenvalue weighted by molar-refractivity contribution is -0.139. The van der Waals surface area contributed by atoms with Gasteiger partial charge in [0.25, 0.3) is 5.91 Å². The molecule has 0 aromatic heterocycles. The van der Waals surface area contributed by atoms with Gasteiger partial charge in [-0.1, -0.05) is 18.2 Å². The monoisotopic (exact) mass is 203 g/mol. The average Bonchev–Trinajstić information content (AvgIpc) is 2.49. The van der Waals surface area contributed by atoms with Crippen molar-refractivity contribution in [2.24, 2.45) is 0 Å². The molecule has 1 heterocycles. The van der Waals surface area contributed by atoms with Crippen molar-refractivity contribution in [1.29, 1.82) is 0 Å². The molecule has 1 N–H and O–H groups in total. The van der Waals surface area contributed by atoms with E-state index in [1.54, 1.807) is 6.92 Å². The lowest BCUT2D eigenvalue weighted by Crippen LogP contribution is -2.44. The first-order chi connectivity index (χ1) is 6.04. The summed E-state index contributed by atoms with van der Waals surface area (Å²) in [5, 5.41) is 3.09. The Balaban J connectivity index is 2.42. The summed E-state index contributed by atoms with van der Waals surface area (Å²) >= 11 is 5.52. The first-order valence-electron chi connectivity index (χ1n) is 4.30. The Morgan fingerprint density at radius 2 is 2.46 bits per heavy atom. The molecular formula is C9H14ClNO2. The van der Waals surface area contributed by atoms with Crippen LogP contribution < -0.4 is 5.32 Å². The summed E-state index contributed by atoms with van der Waals surface area (Å²) in [7, 11) is 0. The topological polar surface area (TPSA) is 38.3 Å². The molecule has 1 fully saturated rings. The lowest BCUT2D eigenvalue weighted by atomic mass is 10.0. The van der Waals surface area contributed by atoms with Crippen molar-refractivity contribution in [2.45, 2.75) is 25.4 Å². The van der Waals surface area contributed by atoms with Crippen LogP contribution in [0.15, 0.2) is 11.6 Å². The van der Waals surface area contributed by atoms with Crippen LogP contribution in [-0.4, -0.2) is 24.7 Å². The summed E-state index contributed by atoms with van der Waals surface area (Å²) in [4.78, 5) is 11.5. The fourth-order valence-corrected chi connectivity index (χ4v) is 1.39. The quantitative estimate of drug-likeness (QED) is 0.754. The highest BCUT2D eigenvalue weighted by Crippen LogP contribution is 2.24. The molecule has 0 spiro atoms. The number of carbonyl (C=O) groups is 1. The second kappa shape index (κ2) is 4.11. The van der Waals surface area contributed by atoms with E-state index in [4.69, 9.17) is 16.3 Å². The van der Waals surface area contributed by atoms with E-state index in [0.717, 1.165) is 12.8 Å². The minimum Gasteiger partial charge on any atom is -0.365 e. The molecule has 1 amide bonds. The van der Waals surface area contributed by atoms with Crippen molar-refractivity contribution >= 4 is 17.5 Å². The van der Waals surface area contributed by atoms with Crippen molar-refractivity contribution in [1.82, 2.24) is 5.32 Å². The van der Waals surface area contributed by atoms with Crippen LogP contribution >= 0.6 is 11.6 Å². The van der Waals surface area contributed by atoms with Gasteiger partial charge in [0.2, 0.25) is 0 Å². The number of nitrogens with one attached hydrogen (secondary N) is 1. The van der Waals surface area contributed by atoms with E-state index >= 15 is 0 Å². The molecule has 1 aliphatic rings. The van der Waals surface area contributed by atoms with Crippen molar-refractivity contribution in [2.75, 3.05) is 13.2 Å². The SMILES string of the molecule is C=C(Cl)CNC(=O)C1(C)CCCO1. The van der Waals surface area contributed by atoms with Crippen LogP contribution in [0.1, 0.15) is 19.8 Å². The van der Waals surface area contributed by atoms with Crippen LogP contribution in [-0.2, 0) is 9.53 Å². The molecule has 74 valence electrons. The zero-order valence-electron chi connectivity index (χ0n) is 7.73. The van der Waals surface area contributed by atoms with Crippen molar-refractivity contribution in [3.05, 3.63) is 11.6 Å². The summed E-state index contributed by atoms with van der Waals surface area (Å²) in [6, 6.07) is 0. The van der Waals surface area contributed by atoms with Crippen LogP contribution in [0.5, 0.6) is 0 Å². The van der Waals surface area contributed by atoms with Crippen LogP contribution in [0.3, 0.4) is 0 Å². The maximum atomic E-state index is 11.5. The zero-order chi connectivity index (χ0) is 9.90. The summed E-state index contributed by atoms with van der Waals surface area (Å²) in [5.74, 6) is -0.105. The Labute approximate surface area is 83.1 Å². The Morgan fingerprint density at radius 1 is 1.77 bits per heavy atom.